The summed E-state index contributed by atoms with van der Waals surface area (Å²) >= 11 is 0. The molecule has 0 fully saturated rings. The molecule has 1 aromatic heterocycles. The molecular formula is C26H25NO5. The van der Waals surface area contributed by atoms with Crippen LogP contribution in [0.3, 0.4) is 0 Å². The number of unbranched alkanes of at least 4 members (excludes halogenated alkanes) is 1. The Morgan fingerprint density at radius 3 is 2.53 bits per heavy atom. The maximum Gasteiger partial charge on any atom is 0.338 e. The molecule has 0 aliphatic heterocycles. The van der Waals surface area contributed by atoms with Crippen LogP contribution in [0.2, 0.25) is 0 Å². The van der Waals surface area contributed by atoms with Crippen molar-refractivity contribution in [1.82, 2.24) is 4.98 Å². The zero-order chi connectivity index (χ0) is 23.0. The van der Waals surface area contributed by atoms with Crippen molar-refractivity contribution in [3.63, 3.8) is 0 Å². The van der Waals surface area contributed by atoms with Crippen LogP contribution in [0.5, 0.6) is 5.75 Å². The highest BCUT2D eigenvalue weighted by molar-refractivity contribution is 6.30. The van der Waals surface area contributed by atoms with Crippen LogP contribution in [0.4, 0.5) is 0 Å². The lowest BCUT2D eigenvalue weighted by Gasteiger charge is -2.12. The Labute approximate surface area is 186 Å². The Balaban J connectivity index is 1.68. The van der Waals surface area contributed by atoms with E-state index in [0.717, 1.165) is 23.8 Å². The molecule has 2 aromatic carbocycles. The maximum absolute atomic E-state index is 13.2. The first-order valence-corrected chi connectivity index (χ1v) is 10.8. The molecule has 1 unspecified atom stereocenters. The monoisotopic (exact) mass is 431 g/mol. The molecule has 1 N–H and O–H groups in total. The zero-order valence-corrected chi connectivity index (χ0v) is 18.3. The fourth-order valence-corrected chi connectivity index (χ4v) is 3.93. The highest BCUT2D eigenvalue weighted by Gasteiger charge is 2.42. The number of pyridine rings is 1. The minimum Gasteiger partial charge on any atom is -0.506 e. The van der Waals surface area contributed by atoms with E-state index in [9.17, 15) is 19.5 Å². The lowest BCUT2D eigenvalue weighted by molar-refractivity contribution is 0.0499. The molecule has 0 bridgehead atoms. The highest BCUT2D eigenvalue weighted by Crippen LogP contribution is 2.38. The topological polar surface area (TPSA) is 93.6 Å². The summed E-state index contributed by atoms with van der Waals surface area (Å²) in [6, 6.07) is 11.6. The number of aromatic nitrogens is 1. The van der Waals surface area contributed by atoms with E-state index in [-0.39, 0.29) is 28.1 Å². The van der Waals surface area contributed by atoms with Crippen LogP contribution in [0.25, 0.3) is 10.9 Å². The van der Waals surface area contributed by atoms with Crippen molar-refractivity contribution < 1.29 is 24.2 Å². The van der Waals surface area contributed by atoms with Gasteiger partial charge in [0.1, 0.15) is 17.4 Å². The van der Waals surface area contributed by atoms with Gasteiger partial charge in [0.05, 0.1) is 17.7 Å². The van der Waals surface area contributed by atoms with Crippen LogP contribution >= 0.6 is 0 Å². The molecule has 6 heteroatoms. The Hall–Kier alpha value is -3.54. The number of esters is 1. The molecule has 0 saturated carbocycles. The summed E-state index contributed by atoms with van der Waals surface area (Å²) in [5.74, 6) is -2.55. The van der Waals surface area contributed by atoms with Gasteiger partial charge < -0.3 is 9.84 Å². The minimum absolute atomic E-state index is 0.0352. The van der Waals surface area contributed by atoms with Gasteiger partial charge in [-0.15, -0.1) is 0 Å². The Bertz CT molecular complexity index is 1240. The van der Waals surface area contributed by atoms with Gasteiger partial charge in [0.15, 0.2) is 11.6 Å². The molecule has 1 aliphatic carbocycles. The number of hydrogen-bond donors (Lipinski definition) is 1. The molecule has 1 atom stereocenters. The lowest BCUT2D eigenvalue weighted by Crippen LogP contribution is -2.15. The smallest absolute Gasteiger partial charge is 0.338 e. The molecule has 3 aromatic rings. The Kier molecular flexibility index (Phi) is 5.78. The first-order chi connectivity index (χ1) is 15.3. The molecule has 1 aliphatic rings. The van der Waals surface area contributed by atoms with Gasteiger partial charge in [-0.3, -0.25) is 9.59 Å². The van der Waals surface area contributed by atoms with Crippen LogP contribution in [-0.2, 0) is 4.74 Å². The van der Waals surface area contributed by atoms with Crippen LogP contribution in [0.1, 0.15) is 87.8 Å². The number of Topliss-reactive ketones (excluding diaryl/α,β-unsaturated/α-hetero) is 2. The largest absolute Gasteiger partial charge is 0.506 e. The number of aromatic hydroxyl groups is 1. The third kappa shape index (κ3) is 3.77. The van der Waals surface area contributed by atoms with E-state index in [2.05, 4.69) is 18.8 Å². The molecule has 164 valence electrons. The fraction of sp³-hybridized carbons (Fsp3) is 0.308. The van der Waals surface area contributed by atoms with Crippen LogP contribution in [0, 0.1) is 0 Å². The van der Waals surface area contributed by atoms with E-state index in [1.54, 1.807) is 6.07 Å². The van der Waals surface area contributed by atoms with E-state index >= 15 is 0 Å². The molecule has 32 heavy (non-hydrogen) atoms. The Morgan fingerprint density at radius 2 is 1.81 bits per heavy atom. The van der Waals surface area contributed by atoms with Crippen molar-refractivity contribution in [2.45, 2.75) is 45.4 Å². The van der Waals surface area contributed by atoms with Gasteiger partial charge in [0.2, 0.25) is 0 Å². The van der Waals surface area contributed by atoms with Crippen LogP contribution in [0.15, 0.2) is 42.5 Å². The molecule has 6 nitrogen and oxygen atoms in total. The zero-order valence-electron chi connectivity index (χ0n) is 18.3. The van der Waals surface area contributed by atoms with Gasteiger partial charge in [-0.05, 0) is 54.3 Å². The minimum atomic E-state index is -1.23. The van der Waals surface area contributed by atoms with E-state index < -0.39 is 23.5 Å². The third-order valence-corrected chi connectivity index (χ3v) is 5.83. The van der Waals surface area contributed by atoms with E-state index in [1.807, 2.05) is 25.1 Å². The second kappa shape index (κ2) is 8.54. The van der Waals surface area contributed by atoms with Gasteiger partial charge >= 0.3 is 5.97 Å². The molecular weight excluding hydrogens is 406 g/mol. The Morgan fingerprint density at radius 1 is 1.06 bits per heavy atom. The summed E-state index contributed by atoms with van der Waals surface area (Å²) in [5, 5.41) is 11.4. The van der Waals surface area contributed by atoms with Crippen LogP contribution < -0.4 is 0 Å². The first-order valence-electron chi connectivity index (χ1n) is 10.8. The number of carbonyl (C=O) groups is 3. The summed E-state index contributed by atoms with van der Waals surface area (Å²) in [4.78, 5) is 42.9. The molecule has 4 rings (SSSR count). The normalized spacial score (nSPS) is 15.4. The quantitative estimate of drug-likeness (QED) is 0.328. The standard InChI is InChI=1S/C26H25NO5/c1-4-5-10-32-26(31)16-6-8-18-19(12-16)25(30)22(24(18)29)23-21(28)13-17-11-15(14(2)3)7-9-20(17)27-23/h6-9,11-14,22,28H,4-5,10H2,1-3H3. The molecule has 0 spiro atoms. The van der Waals surface area contributed by atoms with Crippen LogP contribution in [-0.4, -0.2) is 34.2 Å². The number of benzene rings is 2. The number of fused-ring (bicyclic) bond motifs is 2. The SMILES string of the molecule is CCCCOC(=O)c1ccc2c(c1)C(=O)C(c1nc3ccc(C(C)C)cc3cc1O)C2=O. The fourth-order valence-electron chi connectivity index (χ4n) is 3.93. The number of hydrogen-bond acceptors (Lipinski definition) is 6. The number of rotatable bonds is 6. The predicted octanol–water partition coefficient (Wildman–Crippen LogP) is 5.18. The van der Waals surface area contributed by atoms with Gasteiger partial charge in [-0.1, -0.05) is 33.3 Å². The van der Waals surface area contributed by atoms with Gasteiger partial charge in [0.25, 0.3) is 0 Å². The number of nitrogens with zero attached hydrogens (tertiary/aromatic N) is 1. The summed E-state index contributed by atoms with van der Waals surface area (Å²) in [6.45, 7) is 6.44. The lowest BCUT2D eigenvalue weighted by atomic mass is 9.96. The third-order valence-electron chi connectivity index (χ3n) is 5.83. The summed E-state index contributed by atoms with van der Waals surface area (Å²) in [5.41, 5.74) is 2.33. The van der Waals surface area contributed by atoms with Gasteiger partial charge in [0, 0.05) is 16.5 Å². The first kappa shape index (κ1) is 21.7. The van der Waals surface area contributed by atoms with Gasteiger partial charge in [-0.2, -0.15) is 0 Å². The summed E-state index contributed by atoms with van der Waals surface area (Å²) < 4.78 is 5.21. The maximum atomic E-state index is 13.2. The average molecular weight is 431 g/mol. The average Bonchev–Trinajstić information content (AvgIpc) is 3.02. The summed E-state index contributed by atoms with van der Waals surface area (Å²) in [6.07, 6.45) is 1.65. The van der Waals surface area contributed by atoms with Crippen molar-refractivity contribution in [1.29, 1.82) is 0 Å². The van der Waals surface area contributed by atoms with E-state index in [4.69, 9.17) is 4.74 Å². The van der Waals surface area contributed by atoms with Crippen molar-refractivity contribution in [2.24, 2.45) is 0 Å². The van der Waals surface area contributed by atoms with Crippen molar-refractivity contribution >= 4 is 28.4 Å². The number of ether oxygens (including phenoxy) is 1. The molecule has 0 saturated heterocycles. The predicted molar refractivity (Wildman–Crippen MR) is 121 cm³/mol. The molecule has 1 heterocycles. The molecule has 0 amide bonds. The second-order valence-corrected chi connectivity index (χ2v) is 8.41. The van der Waals surface area contributed by atoms with Gasteiger partial charge in [-0.25, -0.2) is 9.78 Å². The van der Waals surface area contributed by atoms with Crippen molar-refractivity contribution in [2.75, 3.05) is 6.61 Å². The van der Waals surface area contributed by atoms with E-state index in [0.29, 0.717) is 18.0 Å². The molecule has 0 radical (unpaired) electrons. The van der Waals surface area contributed by atoms with Crippen molar-refractivity contribution in [3.05, 3.63) is 70.4 Å². The number of ketones is 2. The number of carbonyl (C=O) groups excluding carboxylic acids is 3. The van der Waals surface area contributed by atoms with E-state index in [1.165, 1.54) is 18.2 Å². The second-order valence-electron chi connectivity index (χ2n) is 8.41. The highest BCUT2D eigenvalue weighted by atomic mass is 16.5. The summed E-state index contributed by atoms with van der Waals surface area (Å²) in [7, 11) is 0. The van der Waals surface area contributed by atoms with Crippen molar-refractivity contribution in [3.8, 4) is 5.75 Å².